The standard InChI is InChI=1S/C23H24N8S/c1-3-30(14-17-7-5-4-6-8-17)15-19-9-21(32-29-19)28-22-23-24-12-20(18-10-25-26-11-18)31(23)13-16(2)27-22/h4-13H,3,14-15H2,1-2H3,(H,25,26)(H,27,28). The van der Waals surface area contributed by atoms with Crippen LogP contribution in [0.25, 0.3) is 16.9 Å². The van der Waals surface area contributed by atoms with Crippen LogP contribution in [0.5, 0.6) is 0 Å². The lowest BCUT2D eigenvalue weighted by Crippen LogP contribution is -2.22. The Kier molecular flexibility index (Phi) is 5.66. The Bertz CT molecular complexity index is 1310. The fourth-order valence-electron chi connectivity index (χ4n) is 3.71. The topological polar surface area (TPSA) is 87.0 Å². The van der Waals surface area contributed by atoms with Gasteiger partial charge in [-0.25, -0.2) is 9.97 Å². The number of H-pyrrole nitrogens is 1. The highest BCUT2D eigenvalue weighted by Crippen LogP contribution is 2.27. The number of fused-ring (bicyclic) bond motifs is 1. The van der Waals surface area contributed by atoms with E-state index in [0.717, 1.165) is 52.9 Å². The van der Waals surface area contributed by atoms with Crippen LogP contribution in [0.4, 0.5) is 10.8 Å². The SMILES string of the molecule is CCN(Cc1ccccc1)Cc1cc(Nc2nc(C)cn3c(-c4cn[nH]c4)cnc23)sn1. The van der Waals surface area contributed by atoms with Crippen molar-refractivity contribution in [3.63, 3.8) is 0 Å². The first-order chi connectivity index (χ1) is 15.7. The van der Waals surface area contributed by atoms with E-state index in [4.69, 9.17) is 0 Å². The molecular weight excluding hydrogens is 420 g/mol. The molecule has 4 aromatic heterocycles. The summed E-state index contributed by atoms with van der Waals surface area (Å²) in [5.74, 6) is 0.714. The van der Waals surface area contributed by atoms with Crippen LogP contribution in [0.2, 0.25) is 0 Å². The van der Waals surface area contributed by atoms with Gasteiger partial charge in [-0.2, -0.15) is 9.47 Å². The van der Waals surface area contributed by atoms with Gasteiger partial charge >= 0.3 is 0 Å². The molecule has 4 heterocycles. The molecule has 0 saturated carbocycles. The Hall–Kier alpha value is -3.56. The third kappa shape index (κ3) is 4.25. The van der Waals surface area contributed by atoms with Gasteiger partial charge in [0, 0.05) is 31.0 Å². The highest BCUT2D eigenvalue weighted by Gasteiger charge is 2.14. The molecule has 0 aliphatic rings. The molecule has 0 spiro atoms. The lowest BCUT2D eigenvalue weighted by Gasteiger charge is -2.19. The van der Waals surface area contributed by atoms with Crippen LogP contribution in [0, 0.1) is 6.92 Å². The van der Waals surface area contributed by atoms with Crippen molar-refractivity contribution >= 4 is 28.0 Å². The van der Waals surface area contributed by atoms with Crippen LogP contribution in [-0.2, 0) is 13.1 Å². The van der Waals surface area contributed by atoms with Crippen molar-refractivity contribution < 1.29 is 0 Å². The Labute approximate surface area is 190 Å². The molecule has 0 bridgehead atoms. The number of anilines is 2. The van der Waals surface area contributed by atoms with Gasteiger partial charge in [-0.15, -0.1) is 0 Å². The molecule has 0 fully saturated rings. The first kappa shape index (κ1) is 20.3. The Balaban J connectivity index is 1.35. The van der Waals surface area contributed by atoms with Crippen molar-refractivity contribution in [1.29, 1.82) is 0 Å². The fraction of sp³-hybridized carbons (Fsp3) is 0.217. The van der Waals surface area contributed by atoms with E-state index in [-0.39, 0.29) is 0 Å². The number of aromatic nitrogens is 6. The summed E-state index contributed by atoms with van der Waals surface area (Å²) in [5, 5.41) is 11.3. The normalized spacial score (nSPS) is 11.5. The van der Waals surface area contributed by atoms with Gasteiger partial charge in [-0.05, 0) is 36.6 Å². The van der Waals surface area contributed by atoms with Crippen molar-refractivity contribution in [3.05, 3.63) is 78.1 Å². The van der Waals surface area contributed by atoms with Gasteiger partial charge < -0.3 is 5.32 Å². The van der Waals surface area contributed by atoms with E-state index in [2.05, 4.69) is 72.0 Å². The maximum Gasteiger partial charge on any atom is 0.180 e. The number of benzene rings is 1. The first-order valence-electron chi connectivity index (χ1n) is 10.5. The molecule has 0 amide bonds. The van der Waals surface area contributed by atoms with Crippen LogP contribution in [-0.4, -0.2) is 40.4 Å². The van der Waals surface area contributed by atoms with E-state index >= 15 is 0 Å². The van der Waals surface area contributed by atoms with Gasteiger partial charge in [0.05, 0.1) is 29.5 Å². The number of hydrogen-bond acceptors (Lipinski definition) is 7. The molecule has 5 rings (SSSR count). The van der Waals surface area contributed by atoms with Crippen molar-refractivity contribution in [2.24, 2.45) is 0 Å². The lowest BCUT2D eigenvalue weighted by molar-refractivity contribution is 0.269. The van der Waals surface area contributed by atoms with Crippen molar-refractivity contribution in [3.8, 4) is 11.3 Å². The smallest absolute Gasteiger partial charge is 0.180 e. The minimum absolute atomic E-state index is 0.714. The summed E-state index contributed by atoms with van der Waals surface area (Å²) in [4.78, 5) is 11.7. The number of rotatable bonds is 8. The number of imidazole rings is 1. The Morgan fingerprint density at radius 2 is 2.03 bits per heavy atom. The molecule has 9 heteroatoms. The second-order valence-corrected chi connectivity index (χ2v) is 8.46. The minimum Gasteiger partial charge on any atom is -0.328 e. The van der Waals surface area contributed by atoms with E-state index in [9.17, 15) is 0 Å². The summed E-state index contributed by atoms with van der Waals surface area (Å²) in [5.41, 5.74) is 5.95. The summed E-state index contributed by atoms with van der Waals surface area (Å²) in [6, 6.07) is 12.6. The second-order valence-electron chi connectivity index (χ2n) is 7.65. The summed E-state index contributed by atoms with van der Waals surface area (Å²) >= 11 is 1.44. The van der Waals surface area contributed by atoms with Gasteiger partial charge in [0.2, 0.25) is 0 Å². The molecule has 32 heavy (non-hydrogen) atoms. The highest BCUT2D eigenvalue weighted by atomic mass is 32.1. The van der Waals surface area contributed by atoms with Crippen LogP contribution in [0.15, 0.2) is 61.2 Å². The third-order valence-electron chi connectivity index (χ3n) is 5.29. The molecule has 1 aromatic carbocycles. The molecule has 0 atom stereocenters. The predicted octanol–water partition coefficient (Wildman–Crippen LogP) is 4.65. The predicted molar refractivity (Wildman–Crippen MR) is 127 cm³/mol. The van der Waals surface area contributed by atoms with Gasteiger partial charge in [-0.3, -0.25) is 14.4 Å². The minimum atomic E-state index is 0.714. The van der Waals surface area contributed by atoms with Gasteiger partial charge in [0.1, 0.15) is 5.00 Å². The van der Waals surface area contributed by atoms with Gasteiger partial charge in [0.25, 0.3) is 0 Å². The van der Waals surface area contributed by atoms with E-state index in [1.54, 1.807) is 6.20 Å². The lowest BCUT2D eigenvalue weighted by atomic mass is 10.2. The van der Waals surface area contributed by atoms with Crippen LogP contribution in [0.3, 0.4) is 0 Å². The molecule has 0 aliphatic carbocycles. The molecule has 0 aliphatic heterocycles. The van der Waals surface area contributed by atoms with E-state index in [1.807, 2.05) is 36.0 Å². The van der Waals surface area contributed by atoms with Crippen LogP contribution >= 0.6 is 11.5 Å². The monoisotopic (exact) mass is 444 g/mol. The van der Waals surface area contributed by atoms with E-state index < -0.39 is 0 Å². The number of aromatic amines is 1. The molecular formula is C23H24N8S. The largest absolute Gasteiger partial charge is 0.328 e. The van der Waals surface area contributed by atoms with Gasteiger partial charge in [-0.1, -0.05) is 37.3 Å². The fourth-order valence-corrected chi connectivity index (χ4v) is 4.37. The van der Waals surface area contributed by atoms with E-state index in [0.29, 0.717) is 5.82 Å². The van der Waals surface area contributed by atoms with Crippen molar-refractivity contribution in [1.82, 2.24) is 33.8 Å². The summed E-state index contributed by atoms with van der Waals surface area (Å²) < 4.78 is 6.70. The number of aryl methyl sites for hydroxylation is 1. The number of nitrogens with zero attached hydrogens (tertiary/aromatic N) is 6. The molecule has 162 valence electrons. The maximum atomic E-state index is 4.68. The van der Waals surface area contributed by atoms with Crippen LogP contribution < -0.4 is 5.32 Å². The molecule has 5 aromatic rings. The molecule has 2 N–H and O–H groups in total. The van der Waals surface area contributed by atoms with Crippen molar-refractivity contribution in [2.45, 2.75) is 26.9 Å². The van der Waals surface area contributed by atoms with Crippen molar-refractivity contribution in [2.75, 3.05) is 11.9 Å². The molecule has 0 radical (unpaired) electrons. The molecule has 0 saturated heterocycles. The average molecular weight is 445 g/mol. The van der Waals surface area contributed by atoms with Gasteiger partial charge in [0.15, 0.2) is 11.5 Å². The summed E-state index contributed by atoms with van der Waals surface area (Å²) in [6.45, 7) is 6.82. The number of hydrogen-bond donors (Lipinski definition) is 2. The first-order valence-corrected chi connectivity index (χ1v) is 11.3. The summed E-state index contributed by atoms with van der Waals surface area (Å²) in [7, 11) is 0. The Morgan fingerprint density at radius 1 is 1.16 bits per heavy atom. The highest BCUT2D eigenvalue weighted by molar-refractivity contribution is 7.10. The zero-order valence-corrected chi connectivity index (χ0v) is 18.8. The average Bonchev–Trinajstić information content (AvgIpc) is 3.55. The molecule has 0 unspecified atom stereocenters. The Morgan fingerprint density at radius 3 is 2.81 bits per heavy atom. The zero-order chi connectivity index (χ0) is 21.9. The quantitative estimate of drug-likeness (QED) is 0.362. The second kappa shape index (κ2) is 8.89. The zero-order valence-electron chi connectivity index (χ0n) is 18.0. The van der Waals surface area contributed by atoms with E-state index in [1.165, 1.54) is 17.1 Å². The molecule has 8 nitrogen and oxygen atoms in total. The summed E-state index contributed by atoms with van der Waals surface area (Å²) in [6.07, 6.45) is 7.47. The number of nitrogens with one attached hydrogen (secondary N) is 2. The third-order valence-corrected chi connectivity index (χ3v) is 6.03. The maximum absolute atomic E-state index is 4.68. The van der Waals surface area contributed by atoms with Crippen LogP contribution in [0.1, 0.15) is 23.9 Å².